The van der Waals surface area contributed by atoms with Gasteiger partial charge in [-0.25, -0.2) is 0 Å². The highest BCUT2D eigenvalue weighted by Crippen LogP contribution is 2.29. The predicted molar refractivity (Wildman–Crippen MR) is 75.8 cm³/mol. The Hall–Kier alpha value is -0.380. The van der Waals surface area contributed by atoms with Crippen LogP contribution in [0.4, 0.5) is 0 Å². The molecule has 2 heterocycles. The minimum atomic E-state index is 0.0994. The van der Waals surface area contributed by atoms with Gasteiger partial charge in [0.25, 0.3) is 0 Å². The average molecular weight is 252 g/mol. The number of nitrogens with zero attached hydrogens (tertiary/aromatic N) is 1. The molecule has 2 rings (SSSR count). The molecule has 0 unspecified atom stereocenters. The summed E-state index contributed by atoms with van der Waals surface area (Å²) in [6.07, 6.45) is 3.62. The van der Waals surface area contributed by atoms with Crippen molar-refractivity contribution in [2.24, 2.45) is 5.41 Å². The lowest BCUT2D eigenvalue weighted by Crippen LogP contribution is -2.59. The number of rotatable bonds is 4. The molecular formula is C15H28N2O. The molecule has 2 aliphatic heterocycles. The van der Waals surface area contributed by atoms with Crippen LogP contribution in [0.1, 0.15) is 34.1 Å². The molecule has 0 atom stereocenters. The second kappa shape index (κ2) is 5.32. The molecule has 0 aromatic heterocycles. The van der Waals surface area contributed by atoms with Crippen LogP contribution in [-0.4, -0.2) is 49.8 Å². The molecule has 3 nitrogen and oxygen atoms in total. The Morgan fingerprint density at radius 2 is 2.11 bits per heavy atom. The Morgan fingerprint density at radius 3 is 2.56 bits per heavy atom. The number of hydrogen-bond donors (Lipinski definition) is 1. The van der Waals surface area contributed by atoms with Crippen LogP contribution in [0.25, 0.3) is 0 Å². The van der Waals surface area contributed by atoms with Crippen LogP contribution in [0, 0.1) is 5.41 Å². The SMILES string of the molecule is CC1(OCCN2CC=C(C(C)(C)C)CC2)CNC1. The highest BCUT2D eigenvalue weighted by atomic mass is 16.5. The fraction of sp³-hybridized carbons (Fsp3) is 0.867. The molecule has 0 aliphatic carbocycles. The molecule has 0 spiro atoms. The smallest absolute Gasteiger partial charge is 0.0902 e. The largest absolute Gasteiger partial charge is 0.371 e. The van der Waals surface area contributed by atoms with E-state index in [-0.39, 0.29) is 5.60 Å². The summed E-state index contributed by atoms with van der Waals surface area (Å²) in [5.41, 5.74) is 2.05. The molecule has 2 aliphatic rings. The maximum absolute atomic E-state index is 5.94. The third kappa shape index (κ3) is 3.56. The molecule has 104 valence electrons. The van der Waals surface area contributed by atoms with Gasteiger partial charge in [0, 0.05) is 32.7 Å². The van der Waals surface area contributed by atoms with E-state index in [1.807, 2.05) is 0 Å². The summed E-state index contributed by atoms with van der Waals surface area (Å²) in [7, 11) is 0. The van der Waals surface area contributed by atoms with Crippen molar-refractivity contribution in [1.29, 1.82) is 0 Å². The third-order valence-electron chi connectivity index (χ3n) is 4.11. The van der Waals surface area contributed by atoms with Gasteiger partial charge < -0.3 is 10.1 Å². The molecule has 18 heavy (non-hydrogen) atoms. The summed E-state index contributed by atoms with van der Waals surface area (Å²) in [5, 5.41) is 3.26. The van der Waals surface area contributed by atoms with E-state index in [2.05, 4.69) is 44.0 Å². The van der Waals surface area contributed by atoms with Crippen molar-refractivity contribution in [3.05, 3.63) is 11.6 Å². The van der Waals surface area contributed by atoms with Crippen LogP contribution in [0.2, 0.25) is 0 Å². The van der Waals surface area contributed by atoms with Gasteiger partial charge in [-0.2, -0.15) is 0 Å². The predicted octanol–water partition coefficient (Wildman–Crippen LogP) is 2.04. The van der Waals surface area contributed by atoms with Gasteiger partial charge in [0.15, 0.2) is 0 Å². The topological polar surface area (TPSA) is 24.5 Å². The first-order chi connectivity index (χ1) is 8.39. The van der Waals surface area contributed by atoms with Crippen LogP contribution in [0.15, 0.2) is 11.6 Å². The second-order valence-electron chi connectivity index (χ2n) is 6.93. The van der Waals surface area contributed by atoms with Gasteiger partial charge in [-0.3, -0.25) is 4.90 Å². The zero-order valence-electron chi connectivity index (χ0n) is 12.4. The minimum Gasteiger partial charge on any atom is -0.371 e. The maximum Gasteiger partial charge on any atom is 0.0902 e. The number of ether oxygens (including phenoxy) is 1. The van der Waals surface area contributed by atoms with E-state index in [0.29, 0.717) is 5.41 Å². The minimum absolute atomic E-state index is 0.0994. The van der Waals surface area contributed by atoms with Crippen molar-refractivity contribution in [2.75, 3.05) is 39.3 Å². The Balaban J connectivity index is 1.69. The van der Waals surface area contributed by atoms with Gasteiger partial charge in [0.2, 0.25) is 0 Å². The summed E-state index contributed by atoms with van der Waals surface area (Å²) < 4.78 is 5.94. The third-order valence-corrected chi connectivity index (χ3v) is 4.11. The molecule has 0 aromatic rings. The van der Waals surface area contributed by atoms with E-state index >= 15 is 0 Å². The van der Waals surface area contributed by atoms with E-state index < -0.39 is 0 Å². The van der Waals surface area contributed by atoms with Gasteiger partial charge in [-0.1, -0.05) is 32.4 Å². The second-order valence-corrected chi connectivity index (χ2v) is 6.93. The van der Waals surface area contributed by atoms with Crippen LogP contribution in [0.3, 0.4) is 0 Å². The molecule has 1 fully saturated rings. The number of nitrogens with one attached hydrogen (secondary N) is 1. The van der Waals surface area contributed by atoms with Gasteiger partial charge >= 0.3 is 0 Å². The van der Waals surface area contributed by atoms with E-state index in [0.717, 1.165) is 32.8 Å². The van der Waals surface area contributed by atoms with Crippen LogP contribution < -0.4 is 5.32 Å². The fourth-order valence-electron chi connectivity index (χ4n) is 2.60. The normalized spacial score (nSPS) is 24.6. The van der Waals surface area contributed by atoms with E-state index in [9.17, 15) is 0 Å². The molecule has 0 amide bonds. The van der Waals surface area contributed by atoms with E-state index in [1.165, 1.54) is 13.0 Å². The summed E-state index contributed by atoms with van der Waals surface area (Å²) in [4.78, 5) is 2.49. The van der Waals surface area contributed by atoms with Crippen molar-refractivity contribution in [2.45, 2.75) is 39.7 Å². The molecule has 0 saturated carbocycles. The van der Waals surface area contributed by atoms with Gasteiger partial charge in [-0.05, 0) is 18.8 Å². The monoisotopic (exact) mass is 252 g/mol. The zero-order valence-corrected chi connectivity index (χ0v) is 12.4. The van der Waals surface area contributed by atoms with Crippen LogP contribution in [0.5, 0.6) is 0 Å². The van der Waals surface area contributed by atoms with Crippen molar-refractivity contribution < 1.29 is 4.74 Å². The lowest BCUT2D eigenvalue weighted by molar-refractivity contribution is -0.0718. The molecule has 0 radical (unpaired) electrons. The van der Waals surface area contributed by atoms with Gasteiger partial charge in [0.05, 0.1) is 12.2 Å². The standard InChI is InChI=1S/C15H28N2O/c1-14(2,3)13-5-7-17(8-6-13)9-10-18-15(4)11-16-12-15/h5,16H,6-12H2,1-4H3. The summed E-state index contributed by atoms with van der Waals surface area (Å²) in [5.74, 6) is 0. The Kier molecular flexibility index (Phi) is 4.15. The quantitative estimate of drug-likeness (QED) is 0.775. The first-order valence-corrected chi connectivity index (χ1v) is 7.16. The van der Waals surface area contributed by atoms with Crippen LogP contribution in [-0.2, 0) is 4.74 Å². The summed E-state index contributed by atoms with van der Waals surface area (Å²) in [6.45, 7) is 15.3. The van der Waals surface area contributed by atoms with Crippen LogP contribution >= 0.6 is 0 Å². The number of hydrogen-bond acceptors (Lipinski definition) is 3. The van der Waals surface area contributed by atoms with E-state index in [4.69, 9.17) is 4.74 Å². The fourth-order valence-corrected chi connectivity index (χ4v) is 2.60. The Morgan fingerprint density at radius 1 is 1.39 bits per heavy atom. The Bertz CT molecular complexity index is 313. The molecule has 0 bridgehead atoms. The lowest BCUT2D eigenvalue weighted by Gasteiger charge is -2.40. The molecule has 1 saturated heterocycles. The lowest BCUT2D eigenvalue weighted by atomic mass is 9.83. The first-order valence-electron chi connectivity index (χ1n) is 7.16. The molecular weight excluding hydrogens is 224 g/mol. The van der Waals surface area contributed by atoms with E-state index in [1.54, 1.807) is 5.57 Å². The molecule has 0 aromatic carbocycles. The highest BCUT2D eigenvalue weighted by molar-refractivity contribution is 5.14. The summed E-state index contributed by atoms with van der Waals surface area (Å²) >= 11 is 0. The molecule has 3 heteroatoms. The average Bonchev–Trinajstić information content (AvgIpc) is 2.26. The Labute approximate surface area is 112 Å². The first kappa shape index (κ1) is 14.0. The highest BCUT2D eigenvalue weighted by Gasteiger charge is 2.32. The van der Waals surface area contributed by atoms with Gasteiger partial charge in [0.1, 0.15) is 0 Å². The van der Waals surface area contributed by atoms with Crippen molar-refractivity contribution in [1.82, 2.24) is 10.2 Å². The molecule has 1 N–H and O–H groups in total. The maximum atomic E-state index is 5.94. The van der Waals surface area contributed by atoms with Crippen molar-refractivity contribution in [3.63, 3.8) is 0 Å². The van der Waals surface area contributed by atoms with Gasteiger partial charge in [-0.15, -0.1) is 0 Å². The summed E-state index contributed by atoms with van der Waals surface area (Å²) in [6, 6.07) is 0. The zero-order chi connectivity index (χ0) is 13.2. The van der Waals surface area contributed by atoms with Crippen molar-refractivity contribution >= 4 is 0 Å². The van der Waals surface area contributed by atoms with Crippen molar-refractivity contribution in [3.8, 4) is 0 Å².